The van der Waals surface area contributed by atoms with Crippen LogP contribution in [0.2, 0.25) is 0 Å². The number of piperazine rings is 1. The largest absolute Gasteiger partial charge is 0.374 e. The number of hydrogen-bond acceptors (Lipinski definition) is 8. The van der Waals surface area contributed by atoms with Gasteiger partial charge >= 0.3 is 0 Å². The summed E-state index contributed by atoms with van der Waals surface area (Å²) in [6.45, 7) is 4.62. The Hall–Kier alpha value is -1.80. The second-order valence-corrected chi connectivity index (χ2v) is 5.44. The molecule has 0 unspecified atom stereocenters. The van der Waals surface area contributed by atoms with Crippen LogP contribution in [0.25, 0.3) is 0 Å². The van der Waals surface area contributed by atoms with E-state index < -0.39 is 0 Å². The molecule has 2 N–H and O–H groups in total. The highest BCUT2D eigenvalue weighted by Gasteiger charge is 2.19. The van der Waals surface area contributed by atoms with Crippen molar-refractivity contribution in [1.82, 2.24) is 25.1 Å². The number of aromatic nitrogens is 4. The number of nitrogen functional groups attached to an aromatic ring is 1. The van der Waals surface area contributed by atoms with Gasteiger partial charge in [0.2, 0.25) is 11.1 Å². The van der Waals surface area contributed by atoms with Crippen LogP contribution < -0.4 is 10.6 Å². The molecule has 2 aromatic heterocycles. The van der Waals surface area contributed by atoms with Crippen molar-refractivity contribution >= 4 is 22.4 Å². The highest BCUT2D eigenvalue weighted by Crippen LogP contribution is 2.15. The second kappa shape index (κ2) is 5.45. The van der Waals surface area contributed by atoms with Crippen molar-refractivity contribution in [1.29, 1.82) is 0 Å². The maximum atomic E-state index is 5.58. The lowest BCUT2D eigenvalue weighted by atomic mass is 10.3. The third-order valence-corrected chi connectivity index (χ3v) is 3.79. The molecule has 0 aliphatic carbocycles. The zero-order chi connectivity index (χ0) is 13.1. The van der Waals surface area contributed by atoms with E-state index in [2.05, 4.69) is 30.0 Å². The van der Waals surface area contributed by atoms with Crippen molar-refractivity contribution in [3.8, 4) is 0 Å². The Kier molecular flexibility index (Phi) is 3.51. The van der Waals surface area contributed by atoms with Gasteiger partial charge in [-0.15, -0.1) is 10.2 Å². The molecule has 0 radical (unpaired) electrons. The molecule has 8 heteroatoms. The molecule has 0 saturated carbocycles. The first-order chi connectivity index (χ1) is 9.31. The maximum absolute atomic E-state index is 5.58. The fourth-order valence-electron chi connectivity index (χ4n) is 2.08. The molecule has 2 aromatic rings. The maximum Gasteiger partial charge on any atom is 0.225 e. The Morgan fingerprint density at radius 2 is 1.84 bits per heavy atom. The second-order valence-electron chi connectivity index (χ2n) is 4.35. The van der Waals surface area contributed by atoms with E-state index in [9.17, 15) is 0 Å². The van der Waals surface area contributed by atoms with Gasteiger partial charge in [0.05, 0.1) is 6.54 Å². The average Bonchev–Trinajstić information content (AvgIpc) is 2.86. The van der Waals surface area contributed by atoms with Crippen molar-refractivity contribution in [2.24, 2.45) is 0 Å². The van der Waals surface area contributed by atoms with Crippen LogP contribution >= 0.6 is 11.3 Å². The van der Waals surface area contributed by atoms with E-state index in [0.29, 0.717) is 5.13 Å². The highest BCUT2D eigenvalue weighted by molar-refractivity contribution is 7.15. The Labute approximate surface area is 115 Å². The molecule has 0 aromatic carbocycles. The number of anilines is 2. The molecular weight excluding hydrogens is 262 g/mol. The number of hydrogen-bond donors (Lipinski definition) is 1. The van der Waals surface area contributed by atoms with Crippen molar-refractivity contribution in [2.75, 3.05) is 36.8 Å². The van der Waals surface area contributed by atoms with Gasteiger partial charge in [-0.1, -0.05) is 11.3 Å². The summed E-state index contributed by atoms with van der Waals surface area (Å²) in [7, 11) is 0. The van der Waals surface area contributed by atoms with E-state index >= 15 is 0 Å². The van der Waals surface area contributed by atoms with Gasteiger partial charge in [-0.25, -0.2) is 9.97 Å². The van der Waals surface area contributed by atoms with E-state index in [0.717, 1.165) is 43.7 Å². The fourth-order valence-corrected chi connectivity index (χ4v) is 2.73. The average molecular weight is 277 g/mol. The third-order valence-electron chi connectivity index (χ3n) is 3.05. The first-order valence-corrected chi connectivity index (χ1v) is 6.95. The van der Waals surface area contributed by atoms with Gasteiger partial charge in [0.25, 0.3) is 0 Å². The summed E-state index contributed by atoms with van der Waals surface area (Å²) in [5.41, 5.74) is 5.58. The summed E-state index contributed by atoms with van der Waals surface area (Å²) in [5, 5.41) is 9.39. The standard InChI is InChI=1S/C11H15N7S/c12-10-16-15-9(19-10)8-17-4-6-18(7-5-17)11-13-2-1-3-14-11/h1-3H,4-8H2,(H2,12,16). The molecule has 1 aliphatic rings. The zero-order valence-electron chi connectivity index (χ0n) is 10.4. The fraction of sp³-hybridized carbons (Fsp3) is 0.455. The van der Waals surface area contributed by atoms with Crippen LogP contribution in [0.15, 0.2) is 18.5 Å². The van der Waals surface area contributed by atoms with Gasteiger partial charge in [0, 0.05) is 38.6 Å². The van der Waals surface area contributed by atoms with Gasteiger partial charge < -0.3 is 10.6 Å². The van der Waals surface area contributed by atoms with E-state index in [4.69, 9.17) is 5.73 Å². The monoisotopic (exact) mass is 277 g/mol. The molecule has 1 fully saturated rings. The summed E-state index contributed by atoms with van der Waals surface area (Å²) in [6.07, 6.45) is 3.55. The smallest absolute Gasteiger partial charge is 0.225 e. The summed E-state index contributed by atoms with van der Waals surface area (Å²) < 4.78 is 0. The minimum atomic E-state index is 0.534. The number of nitrogens with two attached hydrogens (primary N) is 1. The summed E-state index contributed by atoms with van der Waals surface area (Å²) in [4.78, 5) is 13.1. The first kappa shape index (κ1) is 12.2. The quantitative estimate of drug-likeness (QED) is 0.859. The molecule has 0 atom stereocenters. The van der Waals surface area contributed by atoms with Crippen LogP contribution in [0.1, 0.15) is 5.01 Å². The third kappa shape index (κ3) is 2.96. The molecule has 0 spiro atoms. The Bertz CT molecular complexity index is 521. The minimum Gasteiger partial charge on any atom is -0.374 e. The Balaban J connectivity index is 1.55. The van der Waals surface area contributed by atoms with E-state index in [1.807, 2.05) is 6.07 Å². The number of nitrogens with zero attached hydrogens (tertiary/aromatic N) is 6. The summed E-state index contributed by atoms with van der Waals surface area (Å²) in [5.74, 6) is 0.808. The summed E-state index contributed by atoms with van der Waals surface area (Å²) >= 11 is 1.45. The summed E-state index contributed by atoms with van der Waals surface area (Å²) in [6, 6.07) is 1.83. The molecule has 19 heavy (non-hydrogen) atoms. The molecule has 1 aliphatic heterocycles. The molecule has 3 heterocycles. The minimum absolute atomic E-state index is 0.534. The van der Waals surface area contributed by atoms with Crippen LogP contribution in [0.3, 0.4) is 0 Å². The van der Waals surface area contributed by atoms with E-state index in [1.165, 1.54) is 11.3 Å². The normalized spacial score (nSPS) is 16.7. The molecule has 7 nitrogen and oxygen atoms in total. The van der Waals surface area contributed by atoms with E-state index in [1.54, 1.807) is 12.4 Å². The van der Waals surface area contributed by atoms with Gasteiger partial charge in [-0.3, -0.25) is 4.90 Å². The Morgan fingerprint density at radius 1 is 1.11 bits per heavy atom. The lowest BCUT2D eigenvalue weighted by Gasteiger charge is -2.34. The van der Waals surface area contributed by atoms with Crippen molar-refractivity contribution in [3.63, 3.8) is 0 Å². The number of rotatable bonds is 3. The highest BCUT2D eigenvalue weighted by atomic mass is 32.1. The van der Waals surface area contributed by atoms with Gasteiger partial charge in [-0.2, -0.15) is 0 Å². The molecule has 3 rings (SSSR count). The molecule has 0 amide bonds. The molecule has 100 valence electrons. The van der Waals surface area contributed by atoms with Crippen LogP contribution in [-0.4, -0.2) is 51.2 Å². The van der Waals surface area contributed by atoms with Crippen LogP contribution in [0, 0.1) is 0 Å². The topological polar surface area (TPSA) is 84.1 Å². The predicted molar refractivity (Wildman–Crippen MR) is 73.8 cm³/mol. The SMILES string of the molecule is Nc1nnc(CN2CCN(c3ncccn3)CC2)s1. The van der Waals surface area contributed by atoms with E-state index in [-0.39, 0.29) is 0 Å². The van der Waals surface area contributed by atoms with Crippen LogP contribution in [0.4, 0.5) is 11.1 Å². The van der Waals surface area contributed by atoms with Crippen molar-refractivity contribution < 1.29 is 0 Å². The Morgan fingerprint density at radius 3 is 2.47 bits per heavy atom. The lowest BCUT2D eigenvalue weighted by Crippen LogP contribution is -2.46. The van der Waals surface area contributed by atoms with Gasteiger partial charge in [-0.05, 0) is 6.07 Å². The molecule has 0 bridgehead atoms. The van der Waals surface area contributed by atoms with Crippen molar-refractivity contribution in [3.05, 3.63) is 23.5 Å². The van der Waals surface area contributed by atoms with Crippen LogP contribution in [0.5, 0.6) is 0 Å². The predicted octanol–water partition coefficient (Wildman–Crippen LogP) is 0.232. The molecular formula is C11H15N7S. The first-order valence-electron chi connectivity index (χ1n) is 6.13. The zero-order valence-corrected chi connectivity index (χ0v) is 11.3. The van der Waals surface area contributed by atoms with Crippen molar-refractivity contribution in [2.45, 2.75) is 6.54 Å². The molecule has 1 saturated heterocycles. The van der Waals surface area contributed by atoms with Crippen LogP contribution in [-0.2, 0) is 6.54 Å². The van der Waals surface area contributed by atoms with Gasteiger partial charge in [0.1, 0.15) is 5.01 Å². The van der Waals surface area contributed by atoms with Gasteiger partial charge in [0.15, 0.2) is 0 Å². The lowest BCUT2D eigenvalue weighted by molar-refractivity contribution is 0.248.